The van der Waals surface area contributed by atoms with Crippen LogP contribution in [0.4, 0.5) is 5.82 Å². The molecular weight excluding hydrogens is 474 g/mol. The van der Waals surface area contributed by atoms with Crippen LogP contribution in [0.2, 0.25) is 0 Å². The number of benzene rings is 1. The fourth-order valence-electron chi connectivity index (χ4n) is 6.37. The third kappa shape index (κ3) is 4.37. The lowest BCUT2D eigenvalue weighted by atomic mass is 9.95. The van der Waals surface area contributed by atoms with Crippen LogP contribution in [0, 0.1) is 11.8 Å². The van der Waals surface area contributed by atoms with E-state index in [1.165, 1.54) is 23.8 Å². The van der Waals surface area contributed by atoms with Crippen molar-refractivity contribution >= 4 is 33.8 Å². The van der Waals surface area contributed by atoms with Crippen LogP contribution in [0.1, 0.15) is 56.8 Å². The molecule has 1 saturated heterocycles. The second-order valence-corrected chi connectivity index (χ2v) is 11.6. The molecule has 0 bridgehead atoms. The Morgan fingerprint density at radius 2 is 1.95 bits per heavy atom. The number of anilines is 1. The molecule has 1 aliphatic heterocycles. The van der Waals surface area contributed by atoms with Gasteiger partial charge in [-0.15, -0.1) is 0 Å². The summed E-state index contributed by atoms with van der Waals surface area (Å²) in [6, 6.07) is 13.2. The van der Waals surface area contributed by atoms with E-state index in [4.69, 9.17) is 14.5 Å². The Morgan fingerprint density at radius 1 is 1.11 bits per heavy atom. The lowest BCUT2D eigenvalue weighted by Crippen LogP contribution is -2.27. The Hall–Kier alpha value is -3.29. The van der Waals surface area contributed by atoms with Crippen LogP contribution < -0.4 is 5.32 Å². The molecule has 0 amide bonds. The van der Waals surface area contributed by atoms with Crippen molar-refractivity contribution in [2.45, 2.75) is 70.0 Å². The maximum Gasteiger partial charge on any atom is 0.163 e. The Bertz CT molecular complexity index is 1510. The molecule has 0 radical (unpaired) electrons. The van der Waals surface area contributed by atoms with Gasteiger partial charge in [0.05, 0.1) is 23.4 Å². The van der Waals surface area contributed by atoms with Gasteiger partial charge in [0.15, 0.2) is 5.79 Å². The molecule has 1 N–H and O–H groups in total. The molecule has 0 unspecified atom stereocenters. The highest BCUT2D eigenvalue weighted by atomic mass is 16.8. The van der Waals surface area contributed by atoms with Gasteiger partial charge in [0.1, 0.15) is 23.9 Å². The van der Waals surface area contributed by atoms with Gasteiger partial charge in [-0.2, -0.15) is 0 Å². The summed E-state index contributed by atoms with van der Waals surface area (Å²) in [5.41, 5.74) is 4.17. The summed E-state index contributed by atoms with van der Waals surface area (Å²) in [5, 5.41) is 5.71. The van der Waals surface area contributed by atoms with Gasteiger partial charge < -0.3 is 19.4 Å². The number of aromatic nitrogens is 4. The smallest absolute Gasteiger partial charge is 0.163 e. The number of nitrogens with zero attached hydrogens (tertiary/aromatic N) is 4. The van der Waals surface area contributed by atoms with E-state index < -0.39 is 5.79 Å². The van der Waals surface area contributed by atoms with Gasteiger partial charge in [0, 0.05) is 23.5 Å². The standard InChI is InChI=1S/C31H35N5O2/c1-4-24-23-13-14-36(30(23)34-18-33-24)26-16-22(28-29(26)38-31(2,3)37-28)10-8-19-7-9-21-11-12-27(35-25(21)15-19)32-17-20-5-6-20/h4,7,9,11-15,18,20,22,26,28-29H,1,5-6,8,10,16-17H2,2-3H3,(H,32,35)/t22-,26+,28+,29-/m0/s1. The molecule has 38 heavy (non-hydrogen) atoms. The Labute approximate surface area is 223 Å². The third-order valence-electron chi connectivity index (χ3n) is 8.47. The molecule has 1 aromatic carbocycles. The fraction of sp³-hybridized carbons (Fsp3) is 0.452. The summed E-state index contributed by atoms with van der Waals surface area (Å²) in [6.07, 6.45) is 11.3. The number of aryl methyl sites for hydroxylation is 1. The number of ether oxygens (including phenoxy) is 2. The summed E-state index contributed by atoms with van der Waals surface area (Å²) in [5.74, 6) is 1.60. The van der Waals surface area contributed by atoms with Crippen LogP contribution in [0.25, 0.3) is 28.0 Å². The molecule has 2 aliphatic carbocycles. The lowest BCUT2D eigenvalue weighted by molar-refractivity contribution is -0.160. The number of hydrogen-bond donors (Lipinski definition) is 1. The van der Waals surface area contributed by atoms with Gasteiger partial charge in [-0.05, 0) is 93.7 Å². The highest BCUT2D eigenvalue weighted by molar-refractivity contribution is 5.84. The van der Waals surface area contributed by atoms with Crippen molar-refractivity contribution in [3.63, 3.8) is 0 Å². The van der Waals surface area contributed by atoms with E-state index in [2.05, 4.69) is 69.0 Å². The van der Waals surface area contributed by atoms with E-state index in [0.717, 1.165) is 59.8 Å². The number of rotatable bonds is 8. The van der Waals surface area contributed by atoms with Gasteiger partial charge >= 0.3 is 0 Å². The van der Waals surface area contributed by atoms with Gasteiger partial charge in [0.25, 0.3) is 0 Å². The molecule has 3 aliphatic rings. The van der Waals surface area contributed by atoms with Crippen molar-refractivity contribution in [3.05, 3.63) is 66.8 Å². The van der Waals surface area contributed by atoms with E-state index in [1.807, 2.05) is 13.8 Å². The summed E-state index contributed by atoms with van der Waals surface area (Å²) in [4.78, 5) is 13.9. The van der Waals surface area contributed by atoms with Gasteiger partial charge in [0.2, 0.25) is 0 Å². The van der Waals surface area contributed by atoms with E-state index in [0.29, 0.717) is 5.92 Å². The van der Waals surface area contributed by atoms with E-state index in [-0.39, 0.29) is 18.2 Å². The average molecular weight is 510 g/mol. The van der Waals surface area contributed by atoms with Crippen LogP contribution in [0.15, 0.2) is 55.5 Å². The Kier molecular flexibility index (Phi) is 5.74. The summed E-state index contributed by atoms with van der Waals surface area (Å²) >= 11 is 0. The summed E-state index contributed by atoms with van der Waals surface area (Å²) in [7, 11) is 0. The quantitative estimate of drug-likeness (QED) is 0.307. The predicted molar refractivity (Wildman–Crippen MR) is 150 cm³/mol. The molecule has 7 rings (SSSR count). The van der Waals surface area contributed by atoms with E-state index >= 15 is 0 Å². The van der Waals surface area contributed by atoms with Crippen LogP contribution in [0.5, 0.6) is 0 Å². The molecule has 3 aromatic heterocycles. The summed E-state index contributed by atoms with van der Waals surface area (Å²) in [6.45, 7) is 8.99. The van der Waals surface area contributed by atoms with Crippen molar-refractivity contribution in [1.29, 1.82) is 0 Å². The SMILES string of the molecule is C=Cc1ncnc2c1ccn2[C@@H]1C[C@H](CCc2ccc3ccc(NCC4CC4)nc3c2)[C@H]2OC(C)(C)O[C@H]21. The number of fused-ring (bicyclic) bond motifs is 3. The van der Waals surface area contributed by atoms with Crippen molar-refractivity contribution in [2.75, 3.05) is 11.9 Å². The minimum absolute atomic E-state index is 0.00823. The molecule has 4 atom stereocenters. The molecule has 196 valence electrons. The highest BCUT2D eigenvalue weighted by Crippen LogP contribution is 2.49. The minimum atomic E-state index is -0.590. The van der Waals surface area contributed by atoms with Crippen molar-refractivity contribution < 1.29 is 9.47 Å². The molecule has 4 aromatic rings. The van der Waals surface area contributed by atoms with Gasteiger partial charge in [-0.25, -0.2) is 15.0 Å². The molecule has 4 heterocycles. The zero-order chi connectivity index (χ0) is 25.9. The van der Waals surface area contributed by atoms with Crippen LogP contribution in [-0.2, 0) is 15.9 Å². The third-order valence-corrected chi connectivity index (χ3v) is 8.47. The Morgan fingerprint density at radius 3 is 2.79 bits per heavy atom. The lowest BCUT2D eigenvalue weighted by Gasteiger charge is -2.24. The second-order valence-electron chi connectivity index (χ2n) is 11.6. The zero-order valence-electron chi connectivity index (χ0n) is 22.1. The zero-order valence-corrected chi connectivity index (χ0v) is 22.1. The average Bonchev–Trinajstić information content (AvgIpc) is 3.45. The summed E-state index contributed by atoms with van der Waals surface area (Å²) < 4.78 is 15.2. The Balaban J connectivity index is 1.11. The molecule has 7 heteroatoms. The minimum Gasteiger partial charge on any atom is -0.370 e. The van der Waals surface area contributed by atoms with E-state index in [9.17, 15) is 0 Å². The van der Waals surface area contributed by atoms with E-state index in [1.54, 1.807) is 12.4 Å². The van der Waals surface area contributed by atoms with Crippen molar-refractivity contribution in [2.24, 2.45) is 11.8 Å². The molecular formula is C31H35N5O2. The molecule has 2 saturated carbocycles. The molecule has 7 nitrogen and oxygen atoms in total. The largest absolute Gasteiger partial charge is 0.370 e. The number of hydrogen-bond acceptors (Lipinski definition) is 6. The maximum absolute atomic E-state index is 6.49. The van der Waals surface area contributed by atoms with Gasteiger partial charge in [-0.1, -0.05) is 18.7 Å². The first-order valence-electron chi connectivity index (χ1n) is 13.9. The first kappa shape index (κ1) is 23.8. The fourth-order valence-corrected chi connectivity index (χ4v) is 6.37. The normalized spacial score (nSPS) is 26.2. The highest BCUT2D eigenvalue weighted by Gasteiger charge is 2.54. The molecule has 3 fully saturated rings. The maximum atomic E-state index is 6.49. The monoisotopic (exact) mass is 509 g/mol. The van der Waals surface area contributed by atoms with Crippen LogP contribution >= 0.6 is 0 Å². The first-order valence-corrected chi connectivity index (χ1v) is 13.9. The topological polar surface area (TPSA) is 74.1 Å². The molecule has 0 spiro atoms. The second kappa shape index (κ2) is 9.17. The number of pyridine rings is 1. The first-order chi connectivity index (χ1) is 18.5. The van der Waals surface area contributed by atoms with Crippen molar-refractivity contribution in [1.82, 2.24) is 19.5 Å². The van der Waals surface area contributed by atoms with Crippen molar-refractivity contribution in [3.8, 4) is 0 Å². The number of nitrogens with one attached hydrogen (secondary N) is 1. The predicted octanol–water partition coefficient (Wildman–Crippen LogP) is 6.16. The van der Waals surface area contributed by atoms with Crippen LogP contribution in [0.3, 0.4) is 0 Å². The van der Waals surface area contributed by atoms with Crippen LogP contribution in [-0.4, -0.2) is 44.1 Å². The van der Waals surface area contributed by atoms with Gasteiger partial charge in [-0.3, -0.25) is 0 Å².